The second kappa shape index (κ2) is 5.82. The molecule has 4 nitrogen and oxygen atoms in total. The van der Waals surface area contributed by atoms with Gasteiger partial charge in [-0.3, -0.25) is 0 Å². The van der Waals surface area contributed by atoms with E-state index in [1.165, 1.54) is 4.31 Å². The summed E-state index contributed by atoms with van der Waals surface area (Å²) in [6.07, 6.45) is 1.07. The Hall–Kier alpha value is -0.130. The molecule has 0 aliphatic rings. The summed E-state index contributed by atoms with van der Waals surface area (Å²) in [6, 6.07) is 0. The third-order valence-electron chi connectivity index (χ3n) is 1.98. The molecule has 0 rings (SSSR count). The molecular weight excluding hydrogens is 214 g/mol. The van der Waals surface area contributed by atoms with Crippen molar-refractivity contribution in [1.29, 1.82) is 0 Å². The summed E-state index contributed by atoms with van der Waals surface area (Å²) < 4.78 is 24.9. The Balaban J connectivity index is 4.21. The van der Waals surface area contributed by atoms with Gasteiger partial charge in [-0.1, -0.05) is 20.8 Å². The molecule has 0 spiro atoms. The van der Waals surface area contributed by atoms with E-state index in [0.29, 0.717) is 19.4 Å². The van der Waals surface area contributed by atoms with Crippen LogP contribution in [-0.2, 0) is 10.0 Å². The van der Waals surface area contributed by atoms with Crippen LogP contribution in [-0.4, -0.2) is 43.8 Å². The van der Waals surface area contributed by atoms with Gasteiger partial charge in [-0.05, 0) is 18.3 Å². The summed E-state index contributed by atoms with van der Waals surface area (Å²) in [5, 5.41) is 8.58. The van der Waals surface area contributed by atoms with Gasteiger partial charge in [0.15, 0.2) is 0 Å². The monoisotopic (exact) mass is 237 g/mol. The Morgan fingerprint density at radius 3 is 2.13 bits per heavy atom. The van der Waals surface area contributed by atoms with Crippen LogP contribution in [0.5, 0.6) is 0 Å². The summed E-state index contributed by atoms with van der Waals surface area (Å²) in [6.45, 7) is 6.60. The Bertz CT molecular complexity index is 267. The van der Waals surface area contributed by atoms with Crippen LogP contribution in [0.1, 0.15) is 33.6 Å². The van der Waals surface area contributed by atoms with Gasteiger partial charge in [0.2, 0.25) is 10.0 Å². The number of hydrogen-bond donors (Lipinski definition) is 1. The van der Waals surface area contributed by atoms with Crippen LogP contribution in [0.4, 0.5) is 0 Å². The third kappa shape index (κ3) is 6.87. The van der Waals surface area contributed by atoms with E-state index in [9.17, 15) is 8.42 Å². The summed E-state index contributed by atoms with van der Waals surface area (Å²) in [4.78, 5) is 0. The molecular formula is C10H23NO3S. The zero-order valence-corrected chi connectivity index (χ0v) is 11.0. The van der Waals surface area contributed by atoms with Gasteiger partial charge in [-0.25, -0.2) is 12.7 Å². The Morgan fingerprint density at radius 2 is 1.73 bits per heavy atom. The van der Waals surface area contributed by atoms with Crippen molar-refractivity contribution < 1.29 is 13.5 Å². The summed E-state index contributed by atoms with van der Waals surface area (Å²) in [5.41, 5.74) is -0.0290. The van der Waals surface area contributed by atoms with E-state index in [1.807, 2.05) is 20.8 Å². The topological polar surface area (TPSA) is 57.6 Å². The fourth-order valence-electron chi connectivity index (χ4n) is 1.32. The number of nitrogens with zero attached hydrogens (tertiary/aromatic N) is 1. The van der Waals surface area contributed by atoms with Crippen molar-refractivity contribution in [3.05, 3.63) is 0 Å². The molecule has 0 aliphatic carbocycles. The molecule has 0 amide bonds. The highest BCUT2D eigenvalue weighted by Crippen LogP contribution is 2.16. The van der Waals surface area contributed by atoms with Crippen LogP contribution >= 0.6 is 0 Å². The number of rotatable bonds is 6. The molecule has 0 saturated carbocycles. The zero-order valence-electron chi connectivity index (χ0n) is 10.2. The van der Waals surface area contributed by atoms with Crippen molar-refractivity contribution in [3.8, 4) is 0 Å². The molecule has 0 bridgehead atoms. The van der Waals surface area contributed by atoms with Crippen LogP contribution in [0.25, 0.3) is 0 Å². The molecule has 0 fully saturated rings. The predicted molar refractivity (Wildman–Crippen MR) is 62.2 cm³/mol. The van der Waals surface area contributed by atoms with E-state index < -0.39 is 10.0 Å². The highest BCUT2D eigenvalue weighted by molar-refractivity contribution is 7.89. The Kier molecular flexibility index (Phi) is 5.77. The molecule has 0 unspecified atom stereocenters. The van der Waals surface area contributed by atoms with E-state index in [1.54, 1.807) is 7.05 Å². The largest absolute Gasteiger partial charge is 0.396 e. The maximum atomic E-state index is 11.7. The van der Waals surface area contributed by atoms with E-state index >= 15 is 0 Å². The van der Waals surface area contributed by atoms with Gasteiger partial charge in [0.1, 0.15) is 0 Å². The fourth-order valence-corrected chi connectivity index (χ4v) is 2.78. The van der Waals surface area contributed by atoms with Gasteiger partial charge < -0.3 is 5.11 Å². The first-order valence-electron chi connectivity index (χ1n) is 5.24. The van der Waals surface area contributed by atoms with Crippen molar-refractivity contribution in [3.63, 3.8) is 0 Å². The minimum atomic E-state index is -3.14. The SMILES string of the molecule is CN(CC(C)(C)C)S(=O)(=O)CCCCO. The van der Waals surface area contributed by atoms with Gasteiger partial charge in [0.05, 0.1) is 5.75 Å². The van der Waals surface area contributed by atoms with Gasteiger partial charge >= 0.3 is 0 Å². The third-order valence-corrected chi connectivity index (χ3v) is 3.87. The number of aliphatic hydroxyl groups excluding tert-OH is 1. The van der Waals surface area contributed by atoms with Crippen molar-refractivity contribution in [2.45, 2.75) is 33.6 Å². The minimum Gasteiger partial charge on any atom is -0.396 e. The molecule has 92 valence electrons. The molecule has 0 atom stereocenters. The minimum absolute atomic E-state index is 0.0290. The van der Waals surface area contributed by atoms with Crippen molar-refractivity contribution in [1.82, 2.24) is 4.31 Å². The molecule has 1 N–H and O–H groups in total. The number of aliphatic hydroxyl groups is 1. The second-order valence-electron chi connectivity index (χ2n) is 5.06. The van der Waals surface area contributed by atoms with E-state index in [2.05, 4.69) is 0 Å². The quantitative estimate of drug-likeness (QED) is 0.703. The van der Waals surface area contributed by atoms with Crippen LogP contribution in [0.2, 0.25) is 0 Å². The molecule has 0 saturated heterocycles. The van der Waals surface area contributed by atoms with Crippen molar-refractivity contribution in [2.75, 3.05) is 26.0 Å². The lowest BCUT2D eigenvalue weighted by Crippen LogP contribution is -2.36. The first kappa shape index (κ1) is 14.9. The molecule has 0 heterocycles. The smallest absolute Gasteiger partial charge is 0.213 e. The molecule has 15 heavy (non-hydrogen) atoms. The number of unbranched alkanes of at least 4 members (excludes halogenated alkanes) is 1. The van der Waals surface area contributed by atoms with Gasteiger partial charge in [-0.2, -0.15) is 0 Å². The van der Waals surface area contributed by atoms with Crippen molar-refractivity contribution in [2.24, 2.45) is 5.41 Å². The van der Waals surface area contributed by atoms with Crippen LogP contribution in [0.3, 0.4) is 0 Å². The lowest BCUT2D eigenvalue weighted by Gasteiger charge is -2.26. The standard InChI is InChI=1S/C10H23NO3S/c1-10(2,3)9-11(4)15(13,14)8-6-5-7-12/h12H,5-9H2,1-4H3. The van der Waals surface area contributed by atoms with Crippen LogP contribution in [0, 0.1) is 5.41 Å². The lowest BCUT2D eigenvalue weighted by atomic mass is 9.97. The van der Waals surface area contributed by atoms with Gasteiger partial charge in [0.25, 0.3) is 0 Å². The van der Waals surface area contributed by atoms with E-state index in [-0.39, 0.29) is 17.8 Å². The summed E-state index contributed by atoms with van der Waals surface area (Å²) >= 11 is 0. The van der Waals surface area contributed by atoms with Crippen LogP contribution in [0.15, 0.2) is 0 Å². The summed E-state index contributed by atoms with van der Waals surface area (Å²) in [7, 11) is -1.53. The fraction of sp³-hybridized carbons (Fsp3) is 1.00. The van der Waals surface area contributed by atoms with Gasteiger partial charge in [-0.15, -0.1) is 0 Å². The average molecular weight is 237 g/mol. The number of hydrogen-bond acceptors (Lipinski definition) is 3. The van der Waals surface area contributed by atoms with E-state index in [4.69, 9.17) is 5.11 Å². The maximum absolute atomic E-state index is 11.7. The Morgan fingerprint density at radius 1 is 1.20 bits per heavy atom. The first-order valence-corrected chi connectivity index (χ1v) is 6.85. The summed E-state index contributed by atoms with van der Waals surface area (Å²) in [5.74, 6) is 0.125. The lowest BCUT2D eigenvalue weighted by molar-refractivity contribution is 0.285. The molecule has 0 aliphatic heterocycles. The highest BCUT2D eigenvalue weighted by atomic mass is 32.2. The average Bonchev–Trinajstić information content (AvgIpc) is 2.01. The molecule has 0 aromatic rings. The number of sulfonamides is 1. The first-order chi connectivity index (χ1) is 6.69. The molecule has 0 aromatic heterocycles. The van der Waals surface area contributed by atoms with E-state index in [0.717, 1.165) is 0 Å². The van der Waals surface area contributed by atoms with Crippen molar-refractivity contribution >= 4 is 10.0 Å². The molecule has 0 aromatic carbocycles. The highest BCUT2D eigenvalue weighted by Gasteiger charge is 2.22. The van der Waals surface area contributed by atoms with Gasteiger partial charge in [0, 0.05) is 20.2 Å². The predicted octanol–water partition coefficient (Wildman–Crippen LogP) is 1.07. The second-order valence-corrected chi connectivity index (χ2v) is 7.26. The Labute approximate surface area is 93.3 Å². The van der Waals surface area contributed by atoms with Crippen LogP contribution < -0.4 is 0 Å². The zero-order chi connectivity index (χ0) is 12.1. The molecule has 0 radical (unpaired) electrons. The molecule has 5 heteroatoms. The normalized spacial score (nSPS) is 13.5. The maximum Gasteiger partial charge on any atom is 0.213 e.